The highest BCUT2D eigenvalue weighted by Crippen LogP contribution is 2.19. The lowest BCUT2D eigenvalue weighted by atomic mass is 9.93. The molecule has 0 rings (SSSR count). The van der Waals surface area contributed by atoms with Crippen LogP contribution in [0.2, 0.25) is 0 Å². The summed E-state index contributed by atoms with van der Waals surface area (Å²) < 4.78 is 12.2. The van der Waals surface area contributed by atoms with E-state index in [1.165, 1.54) is 19.9 Å². The van der Waals surface area contributed by atoms with Crippen LogP contribution < -0.4 is 0 Å². The Balaban J connectivity index is 4.75. The minimum Gasteiger partial charge on any atom is -0.477 e. The molecule has 0 atom stereocenters. The molecule has 1 N–H and O–H groups in total. The van der Waals surface area contributed by atoms with Crippen molar-refractivity contribution in [1.82, 2.24) is 0 Å². The SMILES string of the molecule is CC(C)(/C=C(/C#N)C(=O)O)CF. The molecule has 0 aliphatic rings. The lowest BCUT2D eigenvalue weighted by Crippen LogP contribution is -2.13. The topological polar surface area (TPSA) is 61.1 Å². The van der Waals surface area contributed by atoms with Crippen molar-refractivity contribution in [2.75, 3.05) is 6.67 Å². The maximum atomic E-state index is 12.2. The van der Waals surface area contributed by atoms with Crippen molar-refractivity contribution in [3.63, 3.8) is 0 Å². The fraction of sp³-hybridized carbons (Fsp3) is 0.500. The number of carbonyl (C=O) groups is 1. The van der Waals surface area contributed by atoms with E-state index in [0.29, 0.717) is 0 Å². The summed E-state index contributed by atoms with van der Waals surface area (Å²) in [7, 11) is 0. The van der Waals surface area contributed by atoms with Crippen LogP contribution in [0.5, 0.6) is 0 Å². The Bertz CT molecular complexity index is 250. The summed E-state index contributed by atoms with van der Waals surface area (Å²) in [5, 5.41) is 16.8. The Morgan fingerprint density at radius 1 is 1.75 bits per heavy atom. The number of aliphatic carboxylic acids is 1. The van der Waals surface area contributed by atoms with Gasteiger partial charge in [0.2, 0.25) is 0 Å². The smallest absolute Gasteiger partial charge is 0.346 e. The second-order valence-corrected chi connectivity index (χ2v) is 3.10. The van der Waals surface area contributed by atoms with Gasteiger partial charge in [-0.15, -0.1) is 0 Å². The fourth-order valence-corrected chi connectivity index (χ4v) is 0.571. The van der Waals surface area contributed by atoms with E-state index < -0.39 is 23.6 Å². The van der Waals surface area contributed by atoms with Crippen molar-refractivity contribution in [2.45, 2.75) is 13.8 Å². The van der Waals surface area contributed by atoms with E-state index >= 15 is 0 Å². The largest absolute Gasteiger partial charge is 0.477 e. The zero-order valence-electron chi connectivity index (χ0n) is 6.97. The fourth-order valence-electron chi connectivity index (χ4n) is 0.571. The number of halogens is 1. The molecule has 0 saturated carbocycles. The van der Waals surface area contributed by atoms with Gasteiger partial charge in [0.05, 0.1) is 6.67 Å². The van der Waals surface area contributed by atoms with Gasteiger partial charge >= 0.3 is 5.97 Å². The van der Waals surface area contributed by atoms with Gasteiger partial charge in [-0.3, -0.25) is 4.39 Å². The van der Waals surface area contributed by atoms with Gasteiger partial charge in [-0.25, -0.2) is 4.79 Å². The molecule has 0 unspecified atom stereocenters. The van der Waals surface area contributed by atoms with Crippen LogP contribution in [0.25, 0.3) is 0 Å². The van der Waals surface area contributed by atoms with Gasteiger partial charge in [-0.1, -0.05) is 19.9 Å². The van der Waals surface area contributed by atoms with Crippen LogP contribution in [0, 0.1) is 16.7 Å². The molecule has 0 aromatic carbocycles. The minimum atomic E-state index is -1.32. The van der Waals surface area contributed by atoms with Crippen molar-refractivity contribution in [1.29, 1.82) is 5.26 Å². The van der Waals surface area contributed by atoms with Gasteiger partial charge in [0.25, 0.3) is 0 Å². The molecule has 3 nitrogen and oxygen atoms in total. The molecule has 0 aliphatic carbocycles. The van der Waals surface area contributed by atoms with E-state index in [-0.39, 0.29) is 0 Å². The van der Waals surface area contributed by atoms with E-state index in [9.17, 15) is 9.18 Å². The number of rotatable bonds is 3. The number of hydrogen-bond donors (Lipinski definition) is 1. The Morgan fingerprint density at radius 3 is 2.50 bits per heavy atom. The highest BCUT2D eigenvalue weighted by molar-refractivity contribution is 5.91. The van der Waals surface area contributed by atoms with Gasteiger partial charge < -0.3 is 5.11 Å². The molecule has 0 aromatic rings. The molecule has 0 spiro atoms. The summed E-state index contributed by atoms with van der Waals surface area (Å²) in [6.45, 7) is 2.35. The van der Waals surface area contributed by atoms with Crippen molar-refractivity contribution < 1.29 is 14.3 Å². The van der Waals surface area contributed by atoms with Gasteiger partial charge in [-0.2, -0.15) is 5.26 Å². The monoisotopic (exact) mass is 171 g/mol. The van der Waals surface area contributed by atoms with E-state index in [1.807, 2.05) is 0 Å². The molecule has 66 valence electrons. The maximum Gasteiger partial charge on any atom is 0.346 e. The highest BCUT2D eigenvalue weighted by atomic mass is 19.1. The first-order valence-electron chi connectivity index (χ1n) is 3.35. The molecule has 0 saturated heterocycles. The zero-order chi connectivity index (χ0) is 9.78. The Labute approximate surface area is 70.1 Å². The summed E-state index contributed by atoms with van der Waals surface area (Å²) in [4.78, 5) is 10.3. The van der Waals surface area contributed by atoms with Crippen LogP contribution in [-0.2, 0) is 4.79 Å². The molecule has 0 amide bonds. The summed E-state index contributed by atoms with van der Waals surface area (Å²) >= 11 is 0. The number of carboxylic acids is 1. The molecule has 4 heteroatoms. The van der Waals surface area contributed by atoms with Crippen LogP contribution in [0.1, 0.15) is 13.8 Å². The van der Waals surface area contributed by atoms with Crippen molar-refractivity contribution >= 4 is 5.97 Å². The average molecular weight is 171 g/mol. The number of allylic oxidation sites excluding steroid dienone is 1. The first-order chi connectivity index (χ1) is 5.43. The Morgan fingerprint density at radius 2 is 2.25 bits per heavy atom. The lowest BCUT2D eigenvalue weighted by molar-refractivity contribution is -0.132. The molecule has 0 aliphatic heterocycles. The van der Waals surface area contributed by atoms with Crippen molar-refractivity contribution in [3.05, 3.63) is 11.6 Å². The third-order valence-corrected chi connectivity index (χ3v) is 1.23. The second kappa shape index (κ2) is 3.86. The molecule has 0 fully saturated rings. The molecule has 0 heterocycles. The number of hydrogen-bond acceptors (Lipinski definition) is 2. The standard InChI is InChI=1S/C8H10FNO2/c1-8(2,5-9)3-6(4-10)7(11)12/h3H,5H2,1-2H3,(H,11,12)/b6-3-. The first-order valence-corrected chi connectivity index (χ1v) is 3.35. The first kappa shape index (κ1) is 10.6. The number of carboxylic acid groups (broad SMARTS) is 1. The lowest BCUT2D eigenvalue weighted by Gasteiger charge is -2.14. The number of alkyl halides is 1. The van der Waals surface area contributed by atoms with Gasteiger partial charge in [-0.05, 0) is 0 Å². The van der Waals surface area contributed by atoms with Gasteiger partial charge in [0.1, 0.15) is 11.6 Å². The molecule has 0 aromatic heterocycles. The quantitative estimate of drug-likeness (QED) is 0.517. The molecular formula is C8H10FNO2. The molecule has 0 bridgehead atoms. The van der Waals surface area contributed by atoms with Crippen molar-refractivity contribution in [2.24, 2.45) is 5.41 Å². The Kier molecular flexibility index (Phi) is 3.42. The third-order valence-electron chi connectivity index (χ3n) is 1.23. The zero-order valence-corrected chi connectivity index (χ0v) is 6.97. The van der Waals surface area contributed by atoms with Gasteiger partial charge in [0, 0.05) is 5.41 Å². The van der Waals surface area contributed by atoms with Crippen LogP contribution >= 0.6 is 0 Å². The summed E-state index contributed by atoms with van der Waals surface area (Å²) in [5.41, 5.74) is -1.30. The Hall–Kier alpha value is -1.37. The maximum absolute atomic E-state index is 12.2. The second-order valence-electron chi connectivity index (χ2n) is 3.10. The molecular weight excluding hydrogens is 161 g/mol. The van der Waals surface area contributed by atoms with E-state index in [1.54, 1.807) is 0 Å². The predicted octanol–water partition coefficient (Wildman–Crippen LogP) is 1.52. The van der Waals surface area contributed by atoms with E-state index in [0.717, 1.165) is 6.08 Å². The van der Waals surface area contributed by atoms with Gasteiger partial charge in [0.15, 0.2) is 0 Å². The average Bonchev–Trinajstić information content (AvgIpc) is 2.00. The van der Waals surface area contributed by atoms with Crippen molar-refractivity contribution in [3.8, 4) is 6.07 Å². The summed E-state index contributed by atoms with van der Waals surface area (Å²) in [6, 6.07) is 1.49. The normalized spacial score (nSPS) is 12.3. The molecule has 0 radical (unpaired) electrons. The number of nitriles is 1. The third kappa shape index (κ3) is 3.15. The summed E-state index contributed by atoms with van der Waals surface area (Å²) in [6.07, 6.45) is 1.12. The predicted molar refractivity (Wildman–Crippen MR) is 41.1 cm³/mol. The van der Waals surface area contributed by atoms with Crippen LogP contribution in [0.4, 0.5) is 4.39 Å². The van der Waals surface area contributed by atoms with Crippen LogP contribution in [0.3, 0.4) is 0 Å². The highest BCUT2D eigenvalue weighted by Gasteiger charge is 2.18. The van der Waals surface area contributed by atoms with E-state index in [2.05, 4.69) is 0 Å². The number of nitrogens with zero attached hydrogens (tertiary/aromatic N) is 1. The molecule has 12 heavy (non-hydrogen) atoms. The van der Waals surface area contributed by atoms with E-state index in [4.69, 9.17) is 10.4 Å². The summed E-state index contributed by atoms with van der Waals surface area (Å²) in [5.74, 6) is -1.32. The minimum absolute atomic E-state index is 0.419. The van der Waals surface area contributed by atoms with Crippen LogP contribution in [-0.4, -0.2) is 17.8 Å². The van der Waals surface area contributed by atoms with Crippen LogP contribution in [0.15, 0.2) is 11.6 Å².